The molecule has 2 aromatic carbocycles. The third-order valence-electron chi connectivity index (χ3n) is 3.96. The van der Waals surface area contributed by atoms with Crippen molar-refractivity contribution in [3.8, 4) is 0 Å². The van der Waals surface area contributed by atoms with Crippen molar-refractivity contribution in [3.63, 3.8) is 0 Å². The number of urea groups is 1. The molecule has 1 heterocycles. The largest absolute Gasteiger partial charge is 0.342 e. The van der Waals surface area contributed by atoms with Gasteiger partial charge in [0.05, 0.1) is 11.0 Å². The molecule has 0 saturated heterocycles. The Morgan fingerprint density at radius 3 is 2.83 bits per heavy atom. The zero-order chi connectivity index (χ0) is 16.9. The Labute approximate surface area is 141 Å². The molecule has 2 N–H and O–H groups in total. The molecule has 124 valence electrons. The van der Waals surface area contributed by atoms with Crippen molar-refractivity contribution in [2.24, 2.45) is 0 Å². The summed E-state index contributed by atoms with van der Waals surface area (Å²) in [5.74, 6) is 0.962. The van der Waals surface area contributed by atoms with E-state index in [1.807, 2.05) is 62.5 Å². The lowest BCUT2D eigenvalue weighted by Crippen LogP contribution is -2.32. The first-order chi connectivity index (χ1) is 11.6. The quantitative estimate of drug-likeness (QED) is 0.746. The van der Waals surface area contributed by atoms with Crippen molar-refractivity contribution in [2.75, 3.05) is 18.9 Å². The first-order valence-corrected chi connectivity index (χ1v) is 8.14. The van der Waals surface area contributed by atoms with Crippen LogP contribution in [0.3, 0.4) is 0 Å². The van der Waals surface area contributed by atoms with Gasteiger partial charge in [0.15, 0.2) is 0 Å². The Morgan fingerprint density at radius 1 is 1.21 bits per heavy atom. The summed E-state index contributed by atoms with van der Waals surface area (Å²) in [4.78, 5) is 21.8. The van der Waals surface area contributed by atoms with E-state index in [4.69, 9.17) is 0 Å². The highest BCUT2D eigenvalue weighted by Crippen LogP contribution is 2.12. The van der Waals surface area contributed by atoms with E-state index >= 15 is 0 Å². The highest BCUT2D eigenvalue weighted by molar-refractivity contribution is 5.89. The molecule has 0 radical (unpaired) electrons. The maximum atomic E-state index is 12.2. The molecule has 0 aliphatic carbocycles. The Hall–Kier alpha value is -2.82. The van der Waals surface area contributed by atoms with Crippen molar-refractivity contribution >= 4 is 22.8 Å². The number of aromatic nitrogens is 2. The molecule has 0 atom stereocenters. The number of aryl methyl sites for hydroxylation is 2. The van der Waals surface area contributed by atoms with E-state index in [9.17, 15) is 4.79 Å². The summed E-state index contributed by atoms with van der Waals surface area (Å²) in [6.07, 6.45) is 1.67. The number of nitrogens with zero attached hydrogens (tertiary/aromatic N) is 2. The second-order valence-corrected chi connectivity index (χ2v) is 6.03. The molecule has 0 aliphatic rings. The summed E-state index contributed by atoms with van der Waals surface area (Å²) in [6.45, 7) is 2.68. The number of amides is 2. The topological polar surface area (TPSA) is 61.0 Å². The van der Waals surface area contributed by atoms with Gasteiger partial charge in [0.25, 0.3) is 0 Å². The number of anilines is 1. The number of carbonyl (C=O) groups excluding carboxylic acids is 1. The van der Waals surface area contributed by atoms with Crippen molar-refractivity contribution in [1.29, 1.82) is 0 Å². The maximum Gasteiger partial charge on any atom is 0.321 e. The first-order valence-electron chi connectivity index (χ1n) is 8.14. The zero-order valence-electron chi connectivity index (χ0n) is 14.0. The Kier molecular flexibility index (Phi) is 4.79. The molecule has 2 amide bonds. The Bertz CT molecular complexity index is 807. The molecule has 0 spiro atoms. The number of para-hydroxylation sites is 2. The van der Waals surface area contributed by atoms with E-state index < -0.39 is 0 Å². The van der Waals surface area contributed by atoms with Gasteiger partial charge < -0.3 is 15.2 Å². The lowest BCUT2D eigenvalue weighted by molar-refractivity contribution is 0.222. The van der Waals surface area contributed by atoms with Gasteiger partial charge in [0, 0.05) is 25.7 Å². The SMILES string of the molecule is Cc1cccc(NC(=O)N(C)CCCc2nc3ccccc3[nH]2)c1. The average molecular weight is 322 g/mol. The molecular formula is C19H22N4O. The van der Waals surface area contributed by atoms with Gasteiger partial charge in [-0.2, -0.15) is 0 Å². The van der Waals surface area contributed by atoms with Crippen LogP contribution >= 0.6 is 0 Å². The number of fused-ring (bicyclic) bond motifs is 1. The summed E-state index contributed by atoms with van der Waals surface area (Å²) in [5, 5.41) is 2.92. The van der Waals surface area contributed by atoms with E-state index in [2.05, 4.69) is 15.3 Å². The fourth-order valence-corrected chi connectivity index (χ4v) is 2.65. The van der Waals surface area contributed by atoms with Crippen LogP contribution in [0.5, 0.6) is 0 Å². The van der Waals surface area contributed by atoms with E-state index in [1.165, 1.54) is 0 Å². The molecule has 3 aromatic rings. The molecule has 3 rings (SSSR count). The smallest absolute Gasteiger partial charge is 0.321 e. The van der Waals surface area contributed by atoms with Crippen LogP contribution in [0.15, 0.2) is 48.5 Å². The van der Waals surface area contributed by atoms with E-state index in [0.29, 0.717) is 6.54 Å². The van der Waals surface area contributed by atoms with Gasteiger partial charge in [-0.15, -0.1) is 0 Å². The van der Waals surface area contributed by atoms with Gasteiger partial charge in [0.1, 0.15) is 5.82 Å². The summed E-state index contributed by atoms with van der Waals surface area (Å²) in [5.41, 5.74) is 3.99. The van der Waals surface area contributed by atoms with Crippen molar-refractivity contribution in [1.82, 2.24) is 14.9 Å². The highest BCUT2D eigenvalue weighted by Gasteiger charge is 2.09. The molecule has 24 heavy (non-hydrogen) atoms. The number of H-pyrrole nitrogens is 1. The van der Waals surface area contributed by atoms with Crippen molar-refractivity contribution < 1.29 is 4.79 Å². The van der Waals surface area contributed by atoms with Gasteiger partial charge in [-0.05, 0) is 43.2 Å². The molecule has 0 unspecified atom stereocenters. The van der Waals surface area contributed by atoms with Gasteiger partial charge in [-0.1, -0.05) is 24.3 Å². The lowest BCUT2D eigenvalue weighted by atomic mass is 10.2. The fourth-order valence-electron chi connectivity index (χ4n) is 2.65. The van der Waals surface area contributed by atoms with Crippen LogP contribution in [-0.2, 0) is 6.42 Å². The molecule has 5 heteroatoms. The number of hydrogen-bond donors (Lipinski definition) is 2. The summed E-state index contributed by atoms with van der Waals surface area (Å²) in [6, 6.07) is 15.7. The second kappa shape index (κ2) is 7.17. The van der Waals surface area contributed by atoms with Gasteiger partial charge >= 0.3 is 6.03 Å². The van der Waals surface area contributed by atoms with Gasteiger partial charge in [-0.25, -0.2) is 9.78 Å². The van der Waals surface area contributed by atoms with Crippen LogP contribution < -0.4 is 5.32 Å². The van der Waals surface area contributed by atoms with E-state index in [-0.39, 0.29) is 6.03 Å². The number of aromatic amines is 1. The number of carbonyl (C=O) groups is 1. The minimum Gasteiger partial charge on any atom is -0.342 e. The first kappa shape index (κ1) is 16.1. The second-order valence-electron chi connectivity index (χ2n) is 6.03. The van der Waals surface area contributed by atoms with Crippen molar-refractivity contribution in [3.05, 3.63) is 59.9 Å². The Balaban J connectivity index is 1.49. The maximum absolute atomic E-state index is 12.2. The zero-order valence-corrected chi connectivity index (χ0v) is 14.0. The monoisotopic (exact) mass is 322 g/mol. The standard InChI is InChI=1S/C19H22N4O/c1-14-7-5-8-15(13-14)20-19(24)23(2)12-6-11-18-21-16-9-3-4-10-17(16)22-18/h3-5,7-10,13H,6,11-12H2,1-2H3,(H,20,24)(H,21,22). The minimum absolute atomic E-state index is 0.0924. The van der Waals surface area contributed by atoms with E-state index in [0.717, 1.165) is 41.0 Å². The molecule has 0 saturated carbocycles. The number of hydrogen-bond acceptors (Lipinski definition) is 2. The molecule has 1 aromatic heterocycles. The molecule has 0 fully saturated rings. The third kappa shape index (κ3) is 3.93. The van der Waals surface area contributed by atoms with Crippen LogP contribution in [0.25, 0.3) is 11.0 Å². The molecule has 0 bridgehead atoms. The predicted molar refractivity (Wildman–Crippen MR) is 97.2 cm³/mol. The number of imidazole rings is 1. The summed E-state index contributed by atoms with van der Waals surface area (Å²) in [7, 11) is 1.81. The van der Waals surface area contributed by atoms with Gasteiger partial charge in [0.2, 0.25) is 0 Å². The predicted octanol–water partition coefficient (Wildman–Crippen LogP) is 3.97. The van der Waals surface area contributed by atoms with Crippen LogP contribution in [0, 0.1) is 6.92 Å². The normalized spacial score (nSPS) is 10.8. The molecule has 0 aliphatic heterocycles. The third-order valence-corrected chi connectivity index (χ3v) is 3.96. The molecule has 5 nitrogen and oxygen atoms in total. The average Bonchev–Trinajstić information content (AvgIpc) is 2.97. The number of rotatable bonds is 5. The summed E-state index contributed by atoms with van der Waals surface area (Å²) < 4.78 is 0. The minimum atomic E-state index is -0.0924. The number of nitrogens with one attached hydrogen (secondary N) is 2. The van der Waals surface area contributed by atoms with Gasteiger partial charge in [-0.3, -0.25) is 0 Å². The molecular weight excluding hydrogens is 300 g/mol. The summed E-state index contributed by atoms with van der Waals surface area (Å²) >= 11 is 0. The van der Waals surface area contributed by atoms with Crippen LogP contribution in [0.4, 0.5) is 10.5 Å². The van der Waals surface area contributed by atoms with E-state index in [1.54, 1.807) is 4.90 Å². The Morgan fingerprint density at radius 2 is 2.04 bits per heavy atom. The highest BCUT2D eigenvalue weighted by atomic mass is 16.2. The van der Waals surface area contributed by atoms with Crippen molar-refractivity contribution in [2.45, 2.75) is 19.8 Å². The van der Waals surface area contributed by atoms with Crippen LogP contribution in [0.2, 0.25) is 0 Å². The fraction of sp³-hybridized carbons (Fsp3) is 0.263. The number of benzene rings is 2. The van der Waals surface area contributed by atoms with Crippen LogP contribution in [-0.4, -0.2) is 34.5 Å². The lowest BCUT2D eigenvalue weighted by Gasteiger charge is -2.17. The van der Waals surface area contributed by atoms with Crippen LogP contribution in [0.1, 0.15) is 17.8 Å².